The highest BCUT2D eigenvalue weighted by molar-refractivity contribution is 6.32. The summed E-state index contributed by atoms with van der Waals surface area (Å²) in [6, 6.07) is 4.38. The van der Waals surface area contributed by atoms with Crippen LogP contribution in [0, 0.1) is 10.1 Å². The number of esters is 1. The van der Waals surface area contributed by atoms with Crippen LogP contribution in [0.2, 0.25) is 5.02 Å². The monoisotopic (exact) mass is 420 g/mol. The van der Waals surface area contributed by atoms with Crippen molar-refractivity contribution in [1.82, 2.24) is 5.32 Å². The van der Waals surface area contributed by atoms with Crippen LogP contribution in [0.4, 0.5) is 5.69 Å². The maximum atomic E-state index is 13.1. The summed E-state index contributed by atoms with van der Waals surface area (Å²) < 4.78 is 5.82. The Morgan fingerprint density at radius 1 is 1.21 bits per heavy atom. The molecular weight excluding hydrogens is 396 g/mol. The van der Waals surface area contributed by atoms with Crippen LogP contribution in [0.1, 0.15) is 69.8 Å². The lowest BCUT2D eigenvalue weighted by Gasteiger charge is -2.28. The van der Waals surface area contributed by atoms with Gasteiger partial charge in [-0.3, -0.25) is 14.9 Å². The lowest BCUT2D eigenvalue weighted by atomic mass is 9.84. The normalized spacial score (nSPS) is 21.2. The van der Waals surface area contributed by atoms with E-state index in [1.807, 2.05) is 0 Å². The number of ether oxygens (including phenoxy) is 1. The number of nitrogens with zero attached hydrogens (tertiary/aromatic N) is 1. The molecule has 0 spiro atoms. The minimum atomic E-state index is -0.610. The molecule has 1 fully saturated rings. The van der Waals surface area contributed by atoms with Gasteiger partial charge in [0, 0.05) is 24.1 Å². The van der Waals surface area contributed by atoms with Crippen molar-refractivity contribution in [2.24, 2.45) is 0 Å². The molecule has 1 N–H and O–H groups in total. The topological polar surface area (TPSA) is 98.5 Å². The third-order valence-electron chi connectivity index (χ3n) is 5.58. The number of hydrogen-bond acceptors (Lipinski definition) is 5. The zero-order valence-electron chi connectivity index (χ0n) is 16.4. The van der Waals surface area contributed by atoms with Crippen LogP contribution in [0.5, 0.6) is 0 Å². The quantitative estimate of drug-likeness (QED) is 0.429. The Labute approximate surface area is 174 Å². The molecule has 1 aromatic rings. The van der Waals surface area contributed by atoms with Crippen LogP contribution < -0.4 is 5.32 Å². The lowest BCUT2D eigenvalue weighted by molar-refractivity contribution is -0.384. The van der Waals surface area contributed by atoms with E-state index in [9.17, 15) is 19.7 Å². The zero-order chi connectivity index (χ0) is 21.0. The molecule has 156 valence electrons. The number of carbonyl (C=O) groups excluding carboxylic acids is 2. The van der Waals surface area contributed by atoms with E-state index in [-0.39, 0.29) is 29.1 Å². The van der Waals surface area contributed by atoms with Crippen molar-refractivity contribution in [3.05, 3.63) is 50.2 Å². The molecule has 3 rings (SSSR count). The third kappa shape index (κ3) is 5.15. The summed E-state index contributed by atoms with van der Waals surface area (Å²) in [6.45, 7) is 1.66. The first-order valence-corrected chi connectivity index (χ1v) is 10.4. The summed E-state index contributed by atoms with van der Waals surface area (Å²) in [5.41, 5.74) is 1.03. The predicted molar refractivity (Wildman–Crippen MR) is 109 cm³/mol. The Morgan fingerprint density at radius 2 is 1.86 bits per heavy atom. The Hall–Kier alpha value is -2.41. The molecule has 0 unspecified atom stereocenters. The van der Waals surface area contributed by atoms with E-state index in [1.54, 1.807) is 13.0 Å². The largest absolute Gasteiger partial charge is 0.459 e. The van der Waals surface area contributed by atoms with Crippen LogP contribution in [0.3, 0.4) is 0 Å². The number of hydrogen-bond donors (Lipinski definition) is 1. The number of nitro groups is 1. The standard InChI is InChI=1S/C21H25ClN2O5/c1-13-20(21(26)29-15-7-5-3-2-4-6-8-15)16(12-19(25)23-13)14-9-10-17(22)18(11-14)24(27)28/h9-11,15-16H,2-8,12H2,1H3,(H,23,25)/t16-/m1/s1. The van der Waals surface area contributed by atoms with Gasteiger partial charge >= 0.3 is 5.97 Å². The maximum absolute atomic E-state index is 13.1. The van der Waals surface area contributed by atoms with E-state index in [4.69, 9.17) is 16.3 Å². The first kappa shape index (κ1) is 21.3. The summed E-state index contributed by atoms with van der Waals surface area (Å²) in [6.07, 6.45) is 7.11. The Bertz CT molecular complexity index is 843. The molecule has 7 nitrogen and oxygen atoms in total. The minimum absolute atomic E-state index is 0.0124. The molecule has 1 aliphatic heterocycles. The highest BCUT2D eigenvalue weighted by atomic mass is 35.5. The smallest absolute Gasteiger partial charge is 0.336 e. The van der Waals surface area contributed by atoms with Crippen molar-refractivity contribution in [2.75, 3.05) is 0 Å². The van der Waals surface area contributed by atoms with E-state index >= 15 is 0 Å². The summed E-state index contributed by atoms with van der Waals surface area (Å²) in [5.74, 6) is -1.32. The molecule has 0 radical (unpaired) electrons. The molecule has 2 aliphatic rings. The van der Waals surface area contributed by atoms with Crippen LogP contribution >= 0.6 is 11.6 Å². The molecule has 1 aromatic carbocycles. The number of amides is 1. The van der Waals surface area contributed by atoms with Gasteiger partial charge in [-0.1, -0.05) is 36.9 Å². The number of halogens is 1. The number of carbonyl (C=O) groups is 2. The van der Waals surface area contributed by atoms with Crippen molar-refractivity contribution < 1.29 is 19.2 Å². The van der Waals surface area contributed by atoms with E-state index in [2.05, 4.69) is 5.32 Å². The number of allylic oxidation sites excluding steroid dienone is 1. The summed E-state index contributed by atoms with van der Waals surface area (Å²) in [7, 11) is 0. The third-order valence-corrected chi connectivity index (χ3v) is 5.90. The Balaban J connectivity index is 1.88. The van der Waals surface area contributed by atoms with E-state index in [0.717, 1.165) is 38.5 Å². The molecule has 1 amide bonds. The molecule has 1 aliphatic carbocycles. The summed E-state index contributed by atoms with van der Waals surface area (Å²) in [5, 5.41) is 14.0. The van der Waals surface area contributed by atoms with Gasteiger partial charge in [0.15, 0.2) is 0 Å². The van der Waals surface area contributed by atoms with E-state index in [1.165, 1.54) is 18.6 Å². The fourth-order valence-corrected chi connectivity index (χ4v) is 4.28. The molecule has 1 heterocycles. The fourth-order valence-electron chi connectivity index (χ4n) is 4.09. The van der Waals surface area contributed by atoms with Crippen LogP contribution in [-0.4, -0.2) is 22.9 Å². The molecule has 0 bridgehead atoms. The Kier molecular flexibility index (Phi) is 6.90. The van der Waals surface area contributed by atoms with Gasteiger partial charge in [-0.2, -0.15) is 0 Å². The average Bonchev–Trinajstić information content (AvgIpc) is 2.63. The number of nitro benzene ring substituents is 1. The van der Waals surface area contributed by atoms with Crippen LogP contribution in [0.15, 0.2) is 29.5 Å². The van der Waals surface area contributed by atoms with Crippen LogP contribution in [-0.2, 0) is 14.3 Å². The van der Waals surface area contributed by atoms with Gasteiger partial charge in [-0.05, 0) is 44.2 Å². The van der Waals surface area contributed by atoms with E-state index < -0.39 is 16.8 Å². The van der Waals surface area contributed by atoms with Gasteiger partial charge in [0.25, 0.3) is 5.69 Å². The highest BCUT2D eigenvalue weighted by Crippen LogP contribution is 2.37. The predicted octanol–water partition coefficient (Wildman–Crippen LogP) is 4.78. The van der Waals surface area contributed by atoms with Crippen molar-refractivity contribution in [3.8, 4) is 0 Å². The molecule has 1 atom stereocenters. The van der Waals surface area contributed by atoms with Gasteiger partial charge < -0.3 is 10.1 Å². The van der Waals surface area contributed by atoms with Gasteiger partial charge in [0.2, 0.25) is 5.91 Å². The molecule has 0 aromatic heterocycles. The number of benzene rings is 1. The van der Waals surface area contributed by atoms with Crippen molar-refractivity contribution in [3.63, 3.8) is 0 Å². The molecule has 8 heteroatoms. The van der Waals surface area contributed by atoms with Crippen LogP contribution in [0.25, 0.3) is 0 Å². The first-order valence-electron chi connectivity index (χ1n) is 10.0. The second-order valence-electron chi connectivity index (χ2n) is 7.68. The fraction of sp³-hybridized carbons (Fsp3) is 0.524. The van der Waals surface area contributed by atoms with Crippen molar-refractivity contribution in [2.45, 2.75) is 70.3 Å². The van der Waals surface area contributed by atoms with Gasteiger partial charge in [0.05, 0.1) is 10.5 Å². The van der Waals surface area contributed by atoms with Crippen molar-refractivity contribution in [1.29, 1.82) is 0 Å². The first-order chi connectivity index (χ1) is 13.9. The second-order valence-corrected chi connectivity index (χ2v) is 8.09. The van der Waals surface area contributed by atoms with Gasteiger partial charge in [-0.25, -0.2) is 4.79 Å². The van der Waals surface area contributed by atoms with Gasteiger partial charge in [-0.15, -0.1) is 0 Å². The molecular formula is C21H25ClN2O5. The molecule has 29 heavy (non-hydrogen) atoms. The number of rotatable bonds is 4. The average molecular weight is 421 g/mol. The zero-order valence-corrected chi connectivity index (χ0v) is 17.2. The second kappa shape index (κ2) is 9.39. The molecule has 0 saturated heterocycles. The van der Waals surface area contributed by atoms with Crippen molar-refractivity contribution >= 4 is 29.2 Å². The van der Waals surface area contributed by atoms with E-state index in [0.29, 0.717) is 16.8 Å². The SMILES string of the molecule is CC1=C(C(=O)OC2CCCCCCC2)[C@@H](c2ccc(Cl)c([N+](=O)[O-])c2)CC(=O)N1. The van der Waals surface area contributed by atoms with Gasteiger partial charge in [0.1, 0.15) is 11.1 Å². The maximum Gasteiger partial charge on any atom is 0.336 e. The summed E-state index contributed by atoms with van der Waals surface area (Å²) >= 11 is 5.92. The minimum Gasteiger partial charge on any atom is -0.459 e. The summed E-state index contributed by atoms with van der Waals surface area (Å²) in [4.78, 5) is 35.9. The lowest BCUT2D eigenvalue weighted by Crippen LogP contribution is -2.35. The Morgan fingerprint density at radius 3 is 2.52 bits per heavy atom. The number of nitrogens with one attached hydrogen (secondary N) is 1. The molecule has 1 saturated carbocycles. The highest BCUT2D eigenvalue weighted by Gasteiger charge is 2.34.